The van der Waals surface area contributed by atoms with E-state index >= 15 is 0 Å². The van der Waals surface area contributed by atoms with Gasteiger partial charge >= 0.3 is 0 Å². The first-order valence-corrected chi connectivity index (χ1v) is 7.79. The van der Waals surface area contributed by atoms with Crippen molar-refractivity contribution in [2.75, 3.05) is 12.4 Å². The van der Waals surface area contributed by atoms with Gasteiger partial charge in [0, 0.05) is 15.8 Å². The highest BCUT2D eigenvalue weighted by molar-refractivity contribution is 8.00. The molecule has 0 aliphatic carbocycles. The fraction of sp³-hybridized carbons (Fsp3) is 0.462. The van der Waals surface area contributed by atoms with Gasteiger partial charge in [0.2, 0.25) is 5.91 Å². The van der Waals surface area contributed by atoms with Crippen LogP contribution in [0, 0.1) is 11.8 Å². The SMILES string of the molecule is O=C(NCc1cc(C#CCO)cs1)C1CCCS1. The van der Waals surface area contributed by atoms with Crippen LogP contribution >= 0.6 is 23.1 Å². The summed E-state index contributed by atoms with van der Waals surface area (Å²) >= 11 is 3.32. The first-order valence-electron chi connectivity index (χ1n) is 5.86. The third-order valence-corrected chi connectivity index (χ3v) is 4.94. The molecule has 5 heteroatoms. The molecule has 0 saturated carbocycles. The Morgan fingerprint density at radius 1 is 1.61 bits per heavy atom. The lowest BCUT2D eigenvalue weighted by molar-refractivity contribution is -0.120. The molecular formula is C13H15NO2S2. The Balaban J connectivity index is 1.82. The van der Waals surface area contributed by atoms with Crippen LogP contribution in [0.1, 0.15) is 23.3 Å². The minimum atomic E-state index is -0.124. The molecule has 1 aliphatic heterocycles. The predicted molar refractivity (Wildman–Crippen MR) is 75.6 cm³/mol. The number of carbonyl (C=O) groups excluding carboxylic acids is 1. The highest BCUT2D eigenvalue weighted by Crippen LogP contribution is 2.26. The highest BCUT2D eigenvalue weighted by Gasteiger charge is 2.22. The molecule has 1 amide bonds. The second kappa shape index (κ2) is 6.83. The smallest absolute Gasteiger partial charge is 0.233 e. The quantitative estimate of drug-likeness (QED) is 0.828. The predicted octanol–water partition coefficient (Wildman–Crippen LogP) is 1.60. The van der Waals surface area contributed by atoms with Crippen molar-refractivity contribution in [2.24, 2.45) is 0 Å². The number of hydrogen-bond acceptors (Lipinski definition) is 4. The van der Waals surface area contributed by atoms with Crippen LogP contribution in [0.15, 0.2) is 11.4 Å². The third-order valence-electron chi connectivity index (χ3n) is 2.62. The zero-order valence-corrected chi connectivity index (χ0v) is 11.6. The van der Waals surface area contributed by atoms with E-state index in [1.165, 1.54) is 0 Å². The van der Waals surface area contributed by atoms with Crippen LogP contribution in [0.2, 0.25) is 0 Å². The van der Waals surface area contributed by atoms with E-state index in [-0.39, 0.29) is 17.8 Å². The second-order valence-electron chi connectivity index (χ2n) is 3.98. The van der Waals surface area contributed by atoms with Gasteiger partial charge in [0.15, 0.2) is 0 Å². The molecule has 1 aromatic heterocycles. The fourth-order valence-electron chi connectivity index (χ4n) is 1.75. The van der Waals surface area contributed by atoms with Gasteiger partial charge < -0.3 is 10.4 Å². The van der Waals surface area contributed by atoms with E-state index in [0.29, 0.717) is 6.54 Å². The Kier molecular flexibility index (Phi) is 5.12. The molecule has 0 spiro atoms. The minimum Gasteiger partial charge on any atom is -0.384 e. The van der Waals surface area contributed by atoms with Crippen LogP contribution in [-0.2, 0) is 11.3 Å². The summed E-state index contributed by atoms with van der Waals surface area (Å²) in [4.78, 5) is 12.9. The molecule has 1 saturated heterocycles. The molecule has 0 aromatic carbocycles. The first kappa shape index (κ1) is 13.5. The number of aliphatic hydroxyl groups is 1. The topological polar surface area (TPSA) is 49.3 Å². The third kappa shape index (κ3) is 3.77. The van der Waals surface area contributed by atoms with Gasteiger partial charge in [0.1, 0.15) is 6.61 Å². The summed E-state index contributed by atoms with van der Waals surface area (Å²) < 4.78 is 0. The molecule has 0 radical (unpaired) electrons. The highest BCUT2D eigenvalue weighted by atomic mass is 32.2. The average molecular weight is 281 g/mol. The van der Waals surface area contributed by atoms with Crippen molar-refractivity contribution >= 4 is 29.0 Å². The molecular weight excluding hydrogens is 266 g/mol. The van der Waals surface area contributed by atoms with Crippen LogP contribution in [0.5, 0.6) is 0 Å². The molecule has 1 fully saturated rings. The number of hydrogen-bond donors (Lipinski definition) is 2. The Morgan fingerprint density at radius 2 is 2.50 bits per heavy atom. The van der Waals surface area contributed by atoms with Crippen LogP contribution in [0.3, 0.4) is 0 Å². The number of thiophene rings is 1. The van der Waals surface area contributed by atoms with Crippen molar-refractivity contribution in [2.45, 2.75) is 24.6 Å². The Hall–Kier alpha value is -0.960. The van der Waals surface area contributed by atoms with Crippen molar-refractivity contribution in [1.29, 1.82) is 0 Å². The first-order chi connectivity index (χ1) is 8.79. The number of amides is 1. The lowest BCUT2D eigenvalue weighted by Gasteiger charge is -2.08. The maximum Gasteiger partial charge on any atom is 0.233 e. The van der Waals surface area contributed by atoms with Crippen molar-refractivity contribution in [1.82, 2.24) is 5.32 Å². The van der Waals surface area contributed by atoms with E-state index in [2.05, 4.69) is 17.2 Å². The Labute approximate surface area is 115 Å². The van der Waals surface area contributed by atoms with Crippen LogP contribution in [0.25, 0.3) is 0 Å². The maximum absolute atomic E-state index is 11.8. The summed E-state index contributed by atoms with van der Waals surface area (Å²) in [5, 5.41) is 13.6. The molecule has 96 valence electrons. The van der Waals surface area contributed by atoms with Crippen LogP contribution in [0.4, 0.5) is 0 Å². The average Bonchev–Trinajstić information content (AvgIpc) is 3.04. The lowest BCUT2D eigenvalue weighted by atomic mass is 10.2. The van der Waals surface area contributed by atoms with E-state index in [9.17, 15) is 4.79 Å². The summed E-state index contributed by atoms with van der Waals surface area (Å²) in [6.45, 7) is 0.447. The van der Waals surface area contributed by atoms with Crippen LogP contribution < -0.4 is 5.32 Å². The number of aliphatic hydroxyl groups excluding tert-OH is 1. The molecule has 1 aromatic rings. The molecule has 2 heterocycles. The second-order valence-corrected chi connectivity index (χ2v) is 6.29. The summed E-state index contributed by atoms with van der Waals surface area (Å²) in [6.07, 6.45) is 2.14. The molecule has 1 atom stereocenters. The normalized spacial score (nSPS) is 18.2. The molecule has 0 bridgehead atoms. The van der Waals surface area contributed by atoms with Gasteiger partial charge in [0.05, 0.1) is 11.8 Å². The molecule has 2 rings (SSSR count). The number of nitrogens with one attached hydrogen (secondary N) is 1. The van der Waals surface area contributed by atoms with E-state index < -0.39 is 0 Å². The zero-order valence-electron chi connectivity index (χ0n) is 9.94. The molecule has 18 heavy (non-hydrogen) atoms. The molecule has 1 unspecified atom stereocenters. The zero-order chi connectivity index (χ0) is 12.8. The van der Waals surface area contributed by atoms with E-state index in [1.54, 1.807) is 23.1 Å². The van der Waals surface area contributed by atoms with Gasteiger partial charge in [-0.2, -0.15) is 0 Å². The van der Waals surface area contributed by atoms with Gasteiger partial charge in [-0.15, -0.1) is 23.1 Å². The Bertz CT molecular complexity index is 467. The van der Waals surface area contributed by atoms with Gasteiger partial charge in [0.25, 0.3) is 0 Å². The van der Waals surface area contributed by atoms with E-state index in [0.717, 1.165) is 29.0 Å². The molecule has 3 nitrogen and oxygen atoms in total. The van der Waals surface area contributed by atoms with Gasteiger partial charge in [-0.1, -0.05) is 11.8 Å². The molecule has 2 N–H and O–H groups in total. The van der Waals surface area contributed by atoms with Crippen molar-refractivity contribution in [3.05, 3.63) is 21.9 Å². The van der Waals surface area contributed by atoms with Gasteiger partial charge in [-0.3, -0.25) is 4.79 Å². The van der Waals surface area contributed by atoms with Crippen molar-refractivity contribution in [3.8, 4) is 11.8 Å². The lowest BCUT2D eigenvalue weighted by Crippen LogP contribution is -2.30. The molecule has 1 aliphatic rings. The fourth-order valence-corrected chi connectivity index (χ4v) is 3.69. The monoisotopic (exact) mass is 281 g/mol. The number of carbonyl (C=O) groups is 1. The maximum atomic E-state index is 11.8. The Morgan fingerprint density at radius 3 is 3.22 bits per heavy atom. The van der Waals surface area contributed by atoms with E-state index in [1.807, 2.05) is 11.4 Å². The van der Waals surface area contributed by atoms with Crippen LogP contribution in [-0.4, -0.2) is 28.6 Å². The van der Waals surface area contributed by atoms with Crippen molar-refractivity contribution < 1.29 is 9.90 Å². The number of thioether (sulfide) groups is 1. The van der Waals surface area contributed by atoms with E-state index in [4.69, 9.17) is 5.11 Å². The summed E-state index contributed by atoms with van der Waals surface area (Å²) in [6, 6.07) is 1.95. The number of rotatable bonds is 3. The van der Waals surface area contributed by atoms with Gasteiger partial charge in [-0.05, 0) is 24.7 Å². The van der Waals surface area contributed by atoms with Crippen molar-refractivity contribution in [3.63, 3.8) is 0 Å². The summed E-state index contributed by atoms with van der Waals surface area (Å²) in [7, 11) is 0. The summed E-state index contributed by atoms with van der Waals surface area (Å²) in [5.41, 5.74) is 0.897. The summed E-state index contributed by atoms with van der Waals surface area (Å²) in [5.74, 6) is 6.70. The largest absolute Gasteiger partial charge is 0.384 e. The standard InChI is InChI=1S/C13H15NO2S2/c15-5-1-3-10-7-11(18-9-10)8-14-13(16)12-4-2-6-17-12/h7,9,12,15H,2,4-6,8H2,(H,14,16). The minimum absolute atomic E-state index is 0.124. The van der Waals surface area contributed by atoms with Gasteiger partial charge in [-0.25, -0.2) is 0 Å².